The van der Waals surface area contributed by atoms with Gasteiger partial charge >= 0.3 is 0 Å². The van der Waals surface area contributed by atoms with Crippen molar-refractivity contribution in [3.63, 3.8) is 0 Å². The zero-order valence-corrected chi connectivity index (χ0v) is 11.9. The van der Waals surface area contributed by atoms with E-state index in [1.165, 1.54) is 0 Å². The highest BCUT2D eigenvalue weighted by Gasteiger charge is 2.23. The van der Waals surface area contributed by atoms with E-state index in [-0.39, 0.29) is 6.61 Å². The summed E-state index contributed by atoms with van der Waals surface area (Å²) in [5.74, 6) is 1.23. The van der Waals surface area contributed by atoms with Gasteiger partial charge in [-0.05, 0) is 30.5 Å². The molecule has 1 aliphatic carbocycles. The molecule has 6 heteroatoms. The summed E-state index contributed by atoms with van der Waals surface area (Å²) in [6, 6.07) is 9.84. The lowest BCUT2D eigenvalue weighted by Crippen LogP contribution is -2.06. The van der Waals surface area contributed by atoms with Gasteiger partial charge in [0.15, 0.2) is 11.4 Å². The van der Waals surface area contributed by atoms with Crippen LogP contribution in [0.1, 0.15) is 18.4 Å². The number of nitrogens with one attached hydrogen (secondary N) is 2. The maximum Gasteiger partial charge on any atom is 0.229 e. The third-order valence-electron chi connectivity index (χ3n) is 3.59. The first kappa shape index (κ1) is 13.1. The summed E-state index contributed by atoms with van der Waals surface area (Å²) in [5, 5.41) is 15.8. The lowest BCUT2D eigenvalue weighted by molar-refractivity contribution is 0.282. The number of hydrogen-bond donors (Lipinski definition) is 3. The van der Waals surface area contributed by atoms with Gasteiger partial charge in [0.1, 0.15) is 5.52 Å². The summed E-state index contributed by atoms with van der Waals surface area (Å²) in [5.41, 5.74) is 3.12. The second-order valence-corrected chi connectivity index (χ2v) is 5.43. The van der Waals surface area contributed by atoms with Crippen molar-refractivity contribution < 1.29 is 9.52 Å². The van der Waals surface area contributed by atoms with E-state index in [0.717, 1.165) is 35.4 Å². The lowest BCUT2D eigenvalue weighted by atomic mass is 10.2. The van der Waals surface area contributed by atoms with Crippen LogP contribution < -0.4 is 10.6 Å². The molecule has 0 unspecified atom stereocenters. The van der Waals surface area contributed by atoms with Crippen LogP contribution in [0.25, 0.3) is 11.1 Å². The Labute approximate surface area is 127 Å². The highest BCUT2D eigenvalue weighted by Crippen LogP contribution is 2.30. The van der Waals surface area contributed by atoms with E-state index in [2.05, 4.69) is 20.6 Å². The van der Waals surface area contributed by atoms with E-state index < -0.39 is 0 Å². The largest absolute Gasteiger partial charge is 0.459 e. The Morgan fingerprint density at radius 3 is 2.95 bits per heavy atom. The molecule has 2 heterocycles. The number of hydrogen-bond acceptors (Lipinski definition) is 6. The van der Waals surface area contributed by atoms with Crippen molar-refractivity contribution in [2.45, 2.75) is 25.5 Å². The van der Waals surface area contributed by atoms with Gasteiger partial charge in [-0.1, -0.05) is 12.1 Å². The molecule has 22 heavy (non-hydrogen) atoms. The van der Waals surface area contributed by atoms with Crippen LogP contribution in [0.4, 0.5) is 17.5 Å². The van der Waals surface area contributed by atoms with Gasteiger partial charge in [0, 0.05) is 17.8 Å². The van der Waals surface area contributed by atoms with Gasteiger partial charge in [-0.2, -0.15) is 4.98 Å². The molecule has 1 saturated carbocycles. The number of nitrogens with zero attached hydrogens (tertiary/aromatic N) is 2. The van der Waals surface area contributed by atoms with Gasteiger partial charge in [-0.15, -0.1) is 0 Å². The first-order chi connectivity index (χ1) is 10.8. The monoisotopic (exact) mass is 296 g/mol. The summed E-state index contributed by atoms with van der Waals surface area (Å²) in [6.45, 7) is 0.00558. The number of rotatable bonds is 5. The maximum atomic E-state index is 9.21. The first-order valence-corrected chi connectivity index (χ1v) is 7.30. The number of benzene rings is 1. The van der Waals surface area contributed by atoms with E-state index in [9.17, 15) is 5.11 Å². The van der Waals surface area contributed by atoms with Crippen LogP contribution in [-0.4, -0.2) is 21.1 Å². The number of anilines is 3. The van der Waals surface area contributed by atoms with E-state index in [1.54, 1.807) is 6.26 Å². The van der Waals surface area contributed by atoms with Crippen LogP contribution in [0.5, 0.6) is 0 Å². The molecule has 4 rings (SSSR count). The third kappa shape index (κ3) is 2.60. The molecule has 3 aromatic rings. The molecule has 0 aliphatic heterocycles. The van der Waals surface area contributed by atoms with Crippen molar-refractivity contribution in [2.24, 2.45) is 0 Å². The van der Waals surface area contributed by atoms with E-state index in [1.807, 2.05) is 30.3 Å². The minimum absolute atomic E-state index is 0.00558. The van der Waals surface area contributed by atoms with Crippen molar-refractivity contribution in [3.8, 4) is 0 Å². The fourth-order valence-corrected chi connectivity index (χ4v) is 2.31. The molecule has 3 N–H and O–H groups in total. The van der Waals surface area contributed by atoms with Gasteiger partial charge in [-0.25, -0.2) is 4.98 Å². The van der Waals surface area contributed by atoms with Crippen molar-refractivity contribution in [1.82, 2.24) is 9.97 Å². The molecule has 1 aliphatic rings. The average Bonchev–Trinajstić information content (AvgIpc) is 3.21. The average molecular weight is 296 g/mol. The topological polar surface area (TPSA) is 83.2 Å². The third-order valence-corrected chi connectivity index (χ3v) is 3.59. The molecular formula is C16H16N4O2. The fourth-order valence-electron chi connectivity index (χ4n) is 2.31. The highest BCUT2D eigenvalue weighted by atomic mass is 16.3. The number of aliphatic hydroxyl groups is 1. The fraction of sp³-hybridized carbons (Fsp3) is 0.250. The number of aliphatic hydroxyl groups excluding tert-OH is 1. The summed E-state index contributed by atoms with van der Waals surface area (Å²) in [4.78, 5) is 8.97. The van der Waals surface area contributed by atoms with Crippen LogP contribution in [0, 0.1) is 0 Å². The minimum Gasteiger partial charge on any atom is -0.459 e. The first-order valence-electron chi connectivity index (χ1n) is 7.30. The van der Waals surface area contributed by atoms with Crippen molar-refractivity contribution in [3.05, 3.63) is 42.2 Å². The van der Waals surface area contributed by atoms with E-state index >= 15 is 0 Å². The van der Waals surface area contributed by atoms with Crippen LogP contribution in [-0.2, 0) is 6.61 Å². The molecule has 0 bridgehead atoms. The van der Waals surface area contributed by atoms with Crippen molar-refractivity contribution in [1.29, 1.82) is 0 Å². The molecule has 0 amide bonds. The van der Waals surface area contributed by atoms with Gasteiger partial charge in [-0.3, -0.25) is 0 Å². The van der Waals surface area contributed by atoms with Gasteiger partial charge in [0.25, 0.3) is 0 Å². The molecule has 112 valence electrons. The smallest absolute Gasteiger partial charge is 0.229 e. The molecule has 0 radical (unpaired) electrons. The molecule has 1 aromatic carbocycles. The Morgan fingerprint density at radius 2 is 2.14 bits per heavy atom. The Morgan fingerprint density at radius 1 is 1.23 bits per heavy atom. The quantitative estimate of drug-likeness (QED) is 0.671. The van der Waals surface area contributed by atoms with Crippen molar-refractivity contribution >= 4 is 28.6 Å². The normalized spacial score (nSPS) is 14.2. The molecule has 6 nitrogen and oxygen atoms in total. The van der Waals surface area contributed by atoms with E-state index in [4.69, 9.17) is 4.42 Å². The van der Waals surface area contributed by atoms with Crippen LogP contribution in [0.2, 0.25) is 0 Å². The zero-order valence-electron chi connectivity index (χ0n) is 11.9. The Balaban J connectivity index is 1.68. The van der Waals surface area contributed by atoms with Gasteiger partial charge in [0.2, 0.25) is 5.95 Å². The molecule has 0 saturated heterocycles. The predicted molar refractivity (Wildman–Crippen MR) is 84.1 cm³/mol. The van der Waals surface area contributed by atoms with Crippen LogP contribution >= 0.6 is 0 Å². The SMILES string of the molecule is OCc1cccc(Nc2nc(NC3CC3)c3occc3n2)c1. The standard InChI is InChI=1S/C16H16N4O2/c21-9-10-2-1-3-12(8-10)18-16-19-13-6-7-22-14(13)15(20-16)17-11-4-5-11/h1-3,6-8,11,21H,4-5,9H2,(H2,17,18,19,20). The van der Waals surface area contributed by atoms with Crippen molar-refractivity contribution in [2.75, 3.05) is 10.6 Å². The molecule has 0 atom stereocenters. The molecule has 2 aromatic heterocycles. The minimum atomic E-state index is 0.00558. The maximum absolute atomic E-state index is 9.21. The van der Waals surface area contributed by atoms with Gasteiger partial charge < -0.3 is 20.2 Å². The molecule has 1 fully saturated rings. The number of aromatic nitrogens is 2. The number of furan rings is 1. The summed E-state index contributed by atoms with van der Waals surface area (Å²) in [7, 11) is 0. The Hall–Kier alpha value is -2.60. The molecule has 0 spiro atoms. The molecular weight excluding hydrogens is 280 g/mol. The predicted octanol–water partition coefficient (Wildman–Crippen LogP) is 3.03. The lowest BCUT2D eigenvalue weighted by Gasteiger charge is -2.09. The highest BCUT2D eigenvalue weighted by molar-refractivity contribution is 5.85. The second-order valence-electron chi connectivity index (χ2n) is 5.43. The Bertz CT molecular complexity index is 811. The summed E-state index contributed by atoms with van der Waals surface area (Å²) < 4.78 is 5.47. The number of fused-ring (bicyclic) bond motifs is 1. The summed E-state index contributed by atoms with van der Waals surface area (Å²) >= 11 is 0. The summed E-state index contributed by atoms with van der Waals surface area (Å²) in [6.07, 6.45) is 3.94. The second kappa shape index (κ2) is 5.31. The zero-order chi connectivity index (χ0) is 14.9. The van der Waals surface area contributed by atoms with Gasteiger partial charge in [0.05, 0.1) is 12.9 Å². The Kier molecular flexibility index (Phi) is 3.16. The van der Waals surface area contributed by atoms with Crippen LogP contribution in [0.3, 0.4) is 0 Å². The van der Waals surface area contributed by atoms with E-state index in [0.29, 0.717) is 17.6 Å². The van der Waals surface area contributed by atoms with Crippen LogP contribution in [0.15, 0.2) is 41.0 Å².